The van der Waals surface area contributed by atoms with Crippen LogP contribution in [0, 0.1) is 5.92 Å². The molecule has 1 aromatic carbocycles. The fourth-order valence-electron chi connectivity index (χ4n) is 2.05. The van der Waals surface area contributed by atoms with Crippen molar-refractivity contribution in [3.63, 3.8) is 0 Å². The summed E-state index contributed by atoms with van der Waals surface area (Å²) >= 11 is 0. The van der Waals surface area contributed by atoms with Crippen LogP contribution in [0.15, 0.2) is 30.3 Å². The third kappa shape index (κ3) is 3.10. The molecule has 0 fully saturated rings. The standard InChI is InChI=1S/C15H17N3O3/c1-8(2)13(15(20)21)18-14(19)12-7-10(16)9-5-3-4-6-11(9)17-12/h3-8,13H,1-2H3,(H2,16,17)(H,18,19)(H,20,21). The highest BCUT2D eigenvalue weighted by Gasteiger charge is 2.24. The van der Waals surface area contributed by atoms with E-state index in [1.165, 1.54) is 6.07 Å². The lowest BCUT2D eigenvalue weighted by atomic mass is 10.0. The van der Waals surface area contributed by atoms with Crippen LogP contribution < -0.4 is 11.1 Å². The molecule has 2 aromatic rings. The van der Waals surface area contributed by atoms with E-state index in [-0.39, 0.29) is 11.6 Å². The molecule has 1 unspecified atom stereocenters. The summed E-state index contributed by atoms with van der Waals surface area (Å²) < 4.78 is 0. The number of nitrogens with one attached hydrogen (secondary N) is 1. The van der Waals surface area contributed by atoms with Crippen molar-refractivity contribution >= 4 is 28.5 Å². The number of anilines is 1. The fourth-order valence-corrected chi connectivity index (χ4v) is 2.05. The van der Waals surface area contributed by atoms with Gasteiger partial charge in [-0.05, 0) is 18.1 Å². The maximum atomic E-state index is 12.2. The summed E-state index contributed by atoms with van der Waals surface area (Å²) in [5.74, 6) is -1.86. The number of aromatic nitrogens is 1. The molecule has 1 heterocycles. The highest BCUT2D eigenvalue weighted by atomic mass is 16.4. The predicted molar refractivity (Wildman–Crippen MR) is 79.9 cm³/mol. The highest BCUT2D eigenvalue weighted by molar-refractivity contribution is 6.00. The number of aliphatic carboxylic acids is 1. The number of rotatable bonds is 4. The average molecular weight is 287 g/mol. The molecule has 6 heteroatoms. The molecule has 1 atom stereocenters. The molecule has 0 aliphatic carbocycles. The summed E-state index contributed by atoms with van der Waals surface area (Å²) in [5.41, 5.74) is 7.05. The third-order valence-electron chi connectivity index (χ3n) is 3.20. The van der Waals surface area contributed by atoms with Crippen molar-refractivity contribution in [3.05, 3.63) is 36.0 Å². The Morgan fingerprint density at radius 3 is 2.57 bits per heavy atom. The number of hydrogen-bond acceptors (Lipinski definition) is 4. The number of carbonyl (C=O) groups excluding carboxylic acids is 1. The minimum absolute atomic E-state index is 0.109. The van der Waals surface area contributed by atoms with Crippen molar-refractivity contribution in [1.29, 1.82) is 0 Å². The van der Waals surface area contributed by atoms with E-state index in [0.717, 1.165) is 5.39 Å². The summed E-state index contributed by atoms with van der Waals surface area (Å²) in [6.45, 7) is 3.45. The Balaban J connectivity index is 2.33. The Hall–Kier alpha value is -2.63. The van der Waals surface area contributed by atoms with Crippen LogP contribution in [0.2, 0.25) is 0 Å². The van der Waals surface area contributed by atoms with Crippen molar-refractivity contribution in [2.75, 3.05) is 5.73 Å². The summed E-state index contributed by atoms with van der Waals surface area (Å²) in [5, 5.41) is 12.3. The summed E-state index contributed by atoms with van der Waals surface area (Å²) in [6.07, 6.45) is 0. The van der Waals surface area contributed by atoms with Crippen molar-refractivity contribution in [1.82, 2.24) is 10.3 Å². The van der Waals surface area contributed by atoms with Crippen LogP contribution in [-0.2, 0) is 4.79 Å². The lowest BCUT2D eigenvalue weighted by Gasteiger charge is -2.17. The van der Waals surface area contributed by atoms with Crippen LogP contribution in [0.4, 0.5) is 5.69 Å². The van der Waals surface area contributed by atoms with Gasteiger partial charge in [0, 0.05) is 11.1 Å². The van der Waals surface area contributed by atoms with Gasteiger partial charge >= 0.3 is 5.97 Å². The predicted octanol–water partition coefficient (Wildman–Crippen LogP) is 1.66. The van der Waals surface area contributed by atoms with Gasteiger partial charge in [-0.15, -0.1) is 0 Å². The number of pyridine rings is 1. The summed E-state index contributed by atoms with van der Waals surface area (Å²) in [4.78, 5) is 27.5. The van der Waals surface area contributed by atoms with Crippen LogP contribution in [0.1, 0.15) is 24.3 Å². The van der Waals surface area contributed by atoms with Crippen molar-refractivity contribution < 1.29 is 14.7 Å². The normalized spacial score (nSPS) is 12.3. The first kappa shape index (κ1) is 14.8. The smallest absolute Gasteiger partial charge is 0.326 e. The van der Waals surface area contributed by atoms with E-state index in [1.807, 2.05) is 12.1 Å². The van der Waals surface area contributed by atoms with E-state index in [1.54, 1.807) is 26.0 Å². The fraction of sp³-hybridized carbons (Fsp3) is 0.267. The molecule has 0 aliphatic rings. The van der Waals surface area contributed by atoms with Gasteiger partial charge in [-0.1, -0.05) is 32.0 Å². The first-order valence-corrected chi connectivity index (χ1v) is 6.59. The number of nitrogens with zero attached hydrogens (tertiary/aromatic N) is 1. The molecular formula is C15H17N3O3. The first-order chi connectivity index (χ1) is 9.90. The van der Waals surface area contributed by atoms with Crippen LogP contribution in [0.5, 0.6) is 0 Å². The Labute approximate surface area is 122 Å². The zero-order valence-corrected chi connectivity index (χ0v) is 11.8. The lowest BCUT2D eigenvalue weighted by Crippen LogP contribution is -2.44. The molecule has 0 spiro atoms. The average Bonchev–Trinajstić information content (AvgIpc) is 2.43. The van der Waals surface area contributed by atoms with Gasteiger partial charge in [0.2, 0.25) is 0 Å². The van der Waals surface area contributed by atoms with Gasteiger partial charge in [0.15, 0.2) is 0 Å². The molecule has 0 bridgehead atoms. The second kappa shape index (κ2) is 5.78. The van der Waals surface area contributed by atoms with Gasteiger partial charge in [0.25, 0.3) is 5.91 Å². The van der Waals surface area contributed by atoms with E-state index in [2.05, 4.69) is 10.3 Å². The van der Waals surface area contributed by atoms with Crippen LogP contribution >= 0.6 is 0 Å². The minimum Gasteiger partial charge on any atom is -0.480 e. The number of benzene rings is 1. The van der Waals surface area contributed by atoms with Gasteiger partial charge in [-0.2, -0.15) is 0 Å². The quantitative estimate of drug-likeness (QED) is 0.793. The largest absolute Gasteiger partial charge is 0.480 e. The number of carbonyl (C=O) groups is 2. The minimum atomic E-state index is -1.08. The lowest BCUT2D eigenvalue weighted by molar-refractivity contribution is -0.140. The van der Waals surface area contributed by atoms with Crippen molar-refractivity contribution in [3.8, 4) is 0 Å². The molecular weight excluding hydrogens is 270 g/mol. The summed E-state index contributed by atoms with van der Waals surface area (Å²) in [7, 11) is 0. The molecule has 6 nitrogen and oxygen atoms in total. The van der Waals surface area contributed by atoms with Gasteiger partial charge in [0.1, 0.15) is 11.7 Å². The van der Waals surface area contributed by atoms with Crippen LogP contribution in [0.25, 0.3) is 10.9 Å². The van der Waals surface area contributed by atoms with Gasteiger partial charge in [-0.3, -0.25) is 4.79 Å². The molecule has 2 rings (SSSR count). The highest BCUT2D eigenvalue weighted by Crippen LogP contribution is 2.20. The number of hydrogen-bond donors (Lipinski definition) is 3. The number of carboxylic acid groups (broad SMARTS) is 1. The topological polar surface area (TPSA) is 105 Å². The maximum absolute atomic E-state index is 12.2. The van der Waals surface area contributed by atoms with Gasteiger partial charge in [-0.25, -0.2) is 9.78 Å². The number of nitrogens with two attached hydrogens (primary N) is 1. The molecule has 0 radical (unpaired) electrons. The maximum Gasteiger partial charge on any atom is 0.326 e. The van der Waals surface area contributed by atoms with Crippen molar-refractivity contribution in [2.45, 2.75) is 19.9 Å². The molecule has 4 N–H and O–H groups in total. The zero-order valence-electron chi connectivity index (χ0n) is 11.8. The SMILES string of the molecule is CC(C)C(NC(=O)c1cc(N)c2ccccc2n1)C(=O)O. The number of para-hydroxylation sites is 1. The first-order valence-electron chi connectivity index (χ1n) is 6.59. The number of amides is 1. The number of carboxylic acids is 1. The Bertz CT molecular complexity index is 698. The van der Waals surface area contributed by atoms with Crippen LogP contribution in [-0.4, -0.2) is 28.0 Å². The molecule has 0 saturated heterocycles. The van der Waals surface area contributed by atoms with E-state index in [4.69, 9.17) is 10.8 Å². The molecule has 0 aliphatic heterocycles. The van der Waals surface area contributed by atoms with Crippen LogP contribution in [0.3, 0.4) is 0 Å². The van der Waals surface area contributed by atoms with Gasteiger partial charge in [0.05, 0.1) is 5.52 Å². The molecule has 1 aromatic heterocycles. The Kier molecular flexibility index (Phi) is 4.07. The van der Waals surface area contributed by atoms with E-state index < -0.39 is 17.9 Å². The molecule has 1 amide bonds. The number of nitrogen functional groups attached to an aromatic ring is 1. The van der Waals surface area contributed by atoms with Crippen molar-refractivity contribution in [2.24, 2.45) is 5.92 Å². The van der Waals surface area contributed by atoms with E-state index in [0.29, 0.717) is 11.2 Å². The van der Waals surface area contributed by atoms with E-state index in [9.17, 15) is 9.59 Å². The summed E-state index contributed by atoms with van der Waals surface area (Å²) in [6, 6.07) is 7.68. The molecule has 110 valence electrons. The second-order valence-electron chi connectivity index (χ2n) is 5.15. The zero-order chi connectivity index (χ0) is 15.6. The second-order valence-corrected chi connectivity index (χ2v) is 5.15. The molecule has 21 heavy (non-hydrogen) atoms. The molecule has 0 saturated carbocycles. The van der Waals surface area contributed by atoms with Gasteiger partial charge < -0.3 is 16.2 Å². The Morgan fingerprint density at radius 2 is 1.95 bits per heavy atom. The monoisotopic (exact) mass is 287 g/mol. The number of fused-ring (bicyclic) bond motifs is 1. The Morgan fingerprint density at radius 1 is 1.29 bits per heavy atom. The van der Waals surface area contributed by atoms with E-state index >= 15 is 0 Å². The third-order valence-corrected chi connectivity index (χ3v) is 3.20.